The molecule has 2 aromatic carbocycles. The third kappa shape index (κ3) is 5.62. The minimum absolute atomic E-state index is 0.0710. The van der Waals surface area contributed by atoms with Crippen molar-refractivity contribution < 1.29 is 14.1 Å². The van der Waals surface area contributed by atoms with Gasteiger partial charge in [-0.1, -0.05) is 91.5 Å². The summed E-state index contributed by atoms with van der Waals surface area (Å²) in [5.41, 5.74) is 1.47. The molecular weight excluding hydrogens is 462 g/mol. The number of nitrogens with one attached hydrogen (secondary N) is 1. The largest absolute Gasteiger partial charge is 0.461 e. The van der Waals surface area contributed by atoms with Crippen molar-refractivity contribution in [3.63, 3.8) is 0 Å². The molecule has 0 radical (unpaired) electrons. The predicted octanol–water partition coefficient (Wildman–Crippen LogP) is 5.69. The smallest absolute Gasteiger partial charge is 0.316 e. The lowest BCUT2D eigenvalue weighted by atomic mass is 9.69. The first kappa shape index (κ1) is 25.2. The number of terminal acetylenes is 1. The standard InChI is InChI=1S/C31H35N3O3/c1-2-23-21-27(36-30(35)31(18-11-3-4-12-19-31)25-15-9-6-10-16-25)26(23)17-20-32-22-28-33-29(34-37-28)24-13-7-5-8-14-24/h1,5-10,13-16,23,26-27,32H,3-4,11-12,17-22H2. The molecule has 2 aliphatic carbocycles. The first-order chi connectivity index (χ1) is 18.2. The van der Waals surface area contributed by atoms with E-state index in [-0.39, 0.29) is 23.9 Å². The summed E-state index contributed by atoms with van der Waals surface area (Å²) in [6, 6.07) is 20.0. The molecule has 0 spiro atoms. The zero-order valence-corrected chi connectivity index (χ0v) is 21.3. The molecule has 0 bridgehead atoms. The summed E-state index contributed by atoms with van der Waals surface area (Å²) in [5, 5.41) is 7.45. The fourth-order valence-electron chi connectivity index (χ4n) is 5.82. The van der Waals surface area contributed by atoms with Gasteiger partial charge in [-0.25, -0.2) is 0 Å². The molecule has 5 rings (SSSR count). The van der Waals surface area contributed by atoms with E-state index in [0.29, 0.717) is 18.3 Å². The van der Waals surface area contributed by atoms with Gasteiger partial charge in [-0.05, 0) is 37.8 Å². The second kappa shape index (κ2) is 11.7. The van der Waals surface area contributed by atoms with Gasteiger partial charge in [0.25, 0.3) is 0 Å². The highest BCUT2D eigenvalue weighted by Gasteiger charge is 2.47. The Labute approximate surface area is 219 Å². The monoisotopic (exact) mass is 497 g/mol. The fourth-order valence-corrected chi connectivity index (χ4v) is 5.82. The second-order valence-corrected chi connectivity index (χ2v) is 10.3. The summed E-state index contributed by atoms with van der Waals surface area (Å²) < 4.78 is 11.6. The topological polar surface area (TPSA) is 77.2 Å². The van der Waals surface area contributed by atoms with Crippen LogP contribution >= 0.6 is 0 Å². The number of rotatable bonds is 9. The average Bonchev–Trinajstić information content (AvgIpc) is 3.26. The summed E-state index contributed by atoms with van der Waals surface area (Å²) in [5.74, 6) is 4.25. The molecule has 1 heterocycles. The van der Waals surface area contributed by atoms with Crippen LogP contribution in [0.3, 0.4) is 0 Å². The van der Waals surface area contributed by atoms with E-state index >= 15 is 0 Å². The van der Waals surface area contributed by atoms with Crippen LogP contribution in [0.1, 0.15) is 62.8 Å². The fraction of sp³-hybridized carbons (Fsp3) is 0.452. The number of benzene rings is 2. The van der Waals surface area contributed by atoms with Crippen molar-refractivity contribution in [2.45, 2.75) is 69.4 Å². The molecule has 1 aromatic heterocycles. The highest BCUT2D eigenvalue weighted by molar-refractivity contribution is 5.83. The maximum atomic E-state index is 13.7. The van der Waals surface area contributed by atoms with E-state index in [1.807, 2.05) is 48.5 Å². The third-order valence-corrected chi connectivity index (χ3v) is 8.06. The zero-order chi connectivity index (χ0) is 25.5. The van der Waals surface area contributed by atoms with Crippen LogP contribution in [-0.2, 0) is 21.5 Å². The first-order valence-corrected chi connectivity index (χ1v) is 13.5. The molecule has 6 nitrogen and oxygen atoms in total. The maximum absolute atomic E-state index is 13.7. The lowest BCUT2D eigenvalue weighted by Gasteiger charge is -2.43. The van der Waals surface area contributed by atoms with Crippen LogP contribution in [0, 0.1) is 24.2 Å². The van der Waals surface area contributed by atoms with Crippen molar-refractivity contribution in [3.05, 3.63) is 72.1 Å². The molecule has 0 amide bonds. The Kier molecular flexibility index (Phi) is 8.01. The van der Waals surface area contributed by atoms with Gasteiger partial charge >= 0.3 is 5.97 Å². The SMILES string of the molecule is C#CC1CC(OC(=O)C2(c3ccccc3)CCCCCC2)C1CCNCc1nc(-c2ccccc2)no1. The number of carbonyl (C=O) groups is 1. The highest BCUT2D eigenvalue weighted by atomic mass is 16.5. The van der Waals surface area contributed by atoms with Crippen LogP contribution in [0.25, 0.3) is 11.4 Å². The Bertz CT molecular complexity index is 1190. The third-order valence-electron chi connectivity index (χ3n) is 8.06. The van der Waals surface area contributed by atoms with E-state index in [4.69, 9.17) is 15.7 Å². The van der Waals surface area contributed by atoms with Crippen LogP contribution in [0.15, 0.2) is 65.2 Å². The van der Waals surface area contributed by atoms with Gasteiger partial charge in [-0.2, -0.15) is 4.98 Å². The molecule has 1 N–H and O–H groups in total. The molecule has 192 valence electrons. The van der Waals surface area contributed by atoms with Crippen LogP contribution < -0.4 is 5.32 Å². The van der Waals surface area contributed by atoms with Gasteiger partial charge in [-0.3, -0.25) is 4.79 Å². The van der Waals surface area contributed by atoms with Crippen LogP contribution in [0.2, 0.25) is 0 Å². The zero-order valence-electron chi connectivity index (χ0n) is 21.3. The number of carbonyl (C=O) groups excluding carboxylic acids is 1. The Morgan fingerprint density at radius 3 is 2.46 bits per heavy atom. The van der Waals surface area contributed by atoms with Gasteiger partial charge in [0.15, 0.2) is 0 Å². The Morgan fingerprint density at radius 1 is 1.05 bits per heavy atom. The molecule has 0 saturated heterocycles. The average molecular weight is 498 g/mol. The van der Waals surface area contributed by atoms with E-state index in [0.717, 1.165) is 56.2 Å². The lowest BCUT2D eigenvalue weighted by molar-refractivity contribution is -0.169. The maximum Gasteiger partial charge on any atom is 0.316 e. The van der Waals surface area contributed by atoms with Gasteiger partial charge in [0.05, 0.1) is 12.0 Å². The molecule has 3 atom stereocenters. The van der Waals surface area contributed by atoms with Crippen LogP contribution in [0.5, 0.6) is 0 Å². The molecule has 3 unspecified atom stereocenters. The number of aromatic nitrogens is 2. The quantitative estimate of drug-likeness (QED) is 0.177. The molecule has 0 aliphatic heterocycles. The van der Waals surface area contributed by atoms with E-state index in [1.54, 1.807) is 0 Å². The van der Waals surface area contributed by atoms with Crippen molar-refractivity contribution in [3.8, 4) is 23.7 Å². The number of hydrogen-bond donors (Lipinski definition) is 1. The van der Waals surface area contributed by atoms with E-state index in [1.165, 1.54) is 12.8 Å². The van der Waals surface area contributed by atoms with Crippen molar-refractivity contribution >= 4 is 5.97 Å². The summed E-state index contributed by atoms with van der Waals surface area (Å²) in [6.07, 6.45) is 13.4. The minimum Gasteiger partial charge on any atom is -0.461 e. The van der Waals surface area contributed by atoms with Crippen molar-refractivity contribution in [1.29, 1.82) is 0 Å². The normalized spacial score (nSPS) is 22.8. The molecular formula is C31H35N3O3. The molecule has 37 heavy (non-hydrogen) atoms. The number of esters is 1. The molecule has 2 aliphatic rings. The molecule has 6 heteroatoms. The van der Waals surface area contributed by atoms with Crippen LogP contribution in [-0.4, -0.2) is 28.8 Å². The van der Waals surface area contributed by atoms with E-state index in [9.17, 15) is 4.79 Å². The summed E-state index contributed by atoms with van der Waals surface area (Å²) in [6.45, 7) is 1.21. The predicted molar refractivity (Wildman–Crippen MR) is 142 cm³/mol. The Balaban J connectivity index is 1.17. The van der Waals surface area contributed by atoms with Crippen molar-refractivity contribution in [2.24, 2.45) is 11.8 Å². The number of nitrogens with zero attached hydrogens (tertiary/aromatic N) is 2. The van der Waals surface area contributed by atoms with Gasteiger partial charge in [0, 0.05) is 17.4 Å². The van der Waals surface area contributed by atoms with Gasteiger partial charge in [0.1, 0.15) is 6.10 Å². The number of hydrogen-bond acceptors (Lipinski definition) is 6. The first-order valence-electron chi connectivity index (χ1n) is 13.5. The summed E-state index contributed by atoms with van der Waals surface area (Å²) >= 11 is 0. The van der Waals surface area contributed by atoms with Gasteiger partial charge in [0.2, 0.25) is 11.7 Å². The number of ether oxygens (including phenoxy) is 1. The Morgan fingerprint density at radius 2 is 1.76 bits per heavy atom. The van der Waals surface area contributed by atoms with E-state index < -0.39 is 5.41 Å². The van der Waals surface area contributed by atoms with Crippen molar-refractivity contribution in [1.82, 2.24) is 15.5 Å². The van der Waals surface area contributed by atoms with Gasteiger partial charge in [-0.15, -0.1) is 12.3 Å². The summed E-state index contributed by atoms with van der Waals surface area (Å²) in [7, 11) is 0. The minimum atomic E-state index is -0.545. The molecule has 3 aromatic rings. The second-order valence-electron chi connectivity index (χ2n) is 10.3. The highest BCUT2D eigenvalue weighted by Crippen LogP contribution is 2.44. The summed E-state index contributed by atoms with van der Waals surface area (Å²) in [4.78, 5) is 18.2. The molecule has 2 saturated carbocycles. The van der Waals surface area contributed by atoms with Crippen LogP contribution in [0.4, 0.5) is 0 Å². The Hall–Kier alpha value is -3.43. The van der Waals surface area contributed by atoms with Gasteiger partial charge < -0.3 is 14.6 Å². The molecule has 2 fully saturated rings. The van der Waals surface area contributed by atoms with Crippen molar-refractivity contribution in [2.75, 3.05) is 6.54 Å². The lowest BCUT2D eigenvalue weighted by Crippen LogP contribution is -2.48. The van der Waals surface area contributed by atoms with E-state index in [2.05, 4.69) is 33.5 Å².